The van der Waals surface area contributed by atoms with Crippen LogP contribution in [0.2, 0.25) is 0 Å². The lowest BCUT2D eigenvalue weighted by Crippen LogP contribution is -2.26. The van der Waals surface area contributed by atoms with E-state index in [2.05, 4.69) is 187 Å². The lowest BCUT2D eigenvalue weighted by atomic mass is 9.69. The smallest absolute Gasteiger partial charge is 0.0215 e. The number of hydrogen-bond acceptors (Lipinski definition) is 0. The van der Waals surface area contributed by atoms with Gasteiger partial charge in [0.25, 0.3) is 0 Å². The molecule has 0 saturated carbocycles. The van der Waals surface area contributed by atoms with Crippen LogP contribution in [0.3, 0.4) is 0 Å². The third-order valence-corrected chi connectivity index (χ3v) is 15.5. The van der Waals surface area contributed by atoms with Crippen LogP contribution in [0.4, 0.5) is 0 Å². The van der Waals surface area contributed by atoms with Gasteiger partial charge in [-0.3, -0.25) is 0 Å². The Hall–Kier alpha value is -5.72. The third kappa shape index (κ3) is 5.24. The summed E-state index contributed by atoms with van der Waals surface area (Å²) in [6.45, 7) is 14.6. The molecule has 0 N–H and O–H groups in total. The fourth-order valence-corrected chi connectivity index (χ4v) is 13.1. The molecule has 0 atom stereocenters. The Bertz CT molecular complexity index is 3020. The van der Waals surface area contributed by atoms with E-state index in [4.69, 9.17) is 0 Å². The van der Waals surface area contributed by atoms with Crippen LogP contribution in [0.25, 0.3) is 77.2 Å². The van der Waals surface area contributed by atoms with Crippen molar-refractivity contribution in [2.45, 2.75) is 109 Å². The molecule has 8 aromatic carbocycles. The molecule has 0 nitrogen and oxygen atoms in total. The molecule has 0 bridgehead atoms. The maximum absolute atomic E-state index is 2.75. The van der Waals surface area contributed by atoms with Gasteiger partial charge in [-0.15, -0.1) is 0 Å². The van der Waals surface area contributed by atoms with Crippen LogP contribution < -0.4 is 0 Å². The second-order valence-electron chi connectivity index (χ2n) is 19.2. The maximum atomic E-state index is 2.75. The molecule has 0 heteroatoms. The molecule has 302 valence electrons. The molecule has 0 unspecified atom stereocenters. The van der Waals surface area contributed by atoms with Gasteiger partial charge in [-0.1, -0.05) is 176 Å². The minimum absolute atomic E-state index is 0.0450. The summed E-state index contributed by atoms with van der Waals surface area (Å²) in [6, 6.07) is 56.7. The van der Waals surface area contributed by atoms with E-state index >= 15 is 0 Å². The molecule has 0 heterocycles. The lowest BCUT2D eigenvalue weighted by molar-refractivity contribution is 0.431. The van der Waals surface area contributed by atoms with Gasteiger partial charge < -0.3 is 0 Å². The highest BCUT2D eigenvalue weighted by Crippen LogP contribution is 2.64. The van der Waals surface area contributed by atoms with E-state index in [0.717, 1.165) is 51.4 Å². The average Bonchev–Trinajstić information content (AvgIpc) is 3.80. The van der Waals surface area contributed by atoms with Crippen molar-refractivity contribution in [2.24, 2.45) is 0 Å². The predicted octanol–water partition coefficient (Wildman–Crippen LogP) is 17.4. The van der Waals surface area contributed by atoms with Crippen molar-refractivity contribution in [3.63, 3.8) is 0 Å². The van der Waals surface area contributed by atoms with Gasteiger partial charge in [0.15, 0.2) is 0 Å². The van der Waals surface area contributed by atoms with Gasteiger partial charge in [0.05, 0.1) is 0 Å². The Kier molecular flexibility index (Phi) is 8.88. The number of benzene rings is 8. The van der Waals surface area contributed by atoms with Crippen LogP contribution >= 0.6 is 0 Å². The summed E-state index contributed by atoms with van der Waals surface area (Å²) in [6.07, 6.45) is 9.19. The van der Waals surface area contributed by atoms with Crippen LogP contribution in [0.1, 0.15) is 126 Å². The first-order valence-electron chi connectivity index (χ1n) is 23.4. The largest absolute Gasteiger partial charge is 0.0653 e. The van der Waals surface area contributed by atoms with E-state index in [0.29, 0.717) is 0 Å². The molecule has 3 aliphatic carbocycles. The fraction of sp³-hybridized carbons (Fsp3) is 0.279. The molecule has 3 aliphatic rings. The molecule has 0 saturated heterocycles. The Labute approximate surface area is 363 Å². The average molecular weight is 791 g/mol. The molecule has 61 heavy (non-hydrogen) atoms. The highest BCUT2D eigenvalue weighted by atomic mass is 14.5. The van der Waals surface area contributed by atoms with E-state index in [1.807, 2.05) is 0 Å². The number of hydrogen-bond donors (Lipinski definition) is 0. The van der Waals surface area contributed by atoms with E-state index in [1.165, 1.54) is 88.3 Å². The number of fused-ring (bicyclic) bond motifs is 13. The molecule has 8 aromatic rings. The molecule has 0 amide bonds. The van der Waals surface area contributed by atoms with Crippen molar-refractivity contribution in [1.82, 2.24) is 0 Å². The molecule has 0 aliphatic heterocycles. The number of rotatable bonds is 10. The van der Waals surface area contributed by atoms with Crippen molar-refractivity contribution in [1.29, 1.82) is 0 Å². The first-order chi connectivity index (χ1) is 29.8. The fourth-order valence-electron chi connectivity index (χ4n) is 13.1. The molecule has 0 fully saturated rings. The van der Waals surface area contributed by atoms with Crippen molar-refractivity contribution in [3.8, 4) is 55.6 Å². The Morgan fingerprint density at radius 3 is 1.11 bits per heavy atom. The van der Waals surface area contributed by atoms with E-state index < -0.39 is 0 Å². The van der Waals surface area contributed by atoms with Crippen LogP contribution in [-0.2, 0) is 16.2 Å². The first kappa shape index (κ1) is 38.2. The van der Waals surface area contributed by atoms with Crippen molar-refractivity contribution >= 4 is 21.5 Å². The monoisotopic (exact) mass is 790 g/mol. The Balaban J connectivity index is 1.20. The van der Waals surface area contributed by atoms with Crippen molar-refractivity contribution in [2.75, 3.05) is 0 Å². The zero-order valence-corrected chi connectivity index (χ0v) is 37.0. The second-order valence-corrected chi connectivity index (χ2v) is 19.2. The zero-order chi connectivity index (χ0) is 41.7. The van der Waals surface area contributed by atoms with Gasteiger partial charge in [0, 0.05) is 16.2 Å². The summed E-state index contributed by atoms with van der Waals surface area (Å²) in [5, 5.41) is 5.48. The highest BCUT2D eigenvalue weighted by molar-refractivity contribution is 6.11. The van der Waals surface area contributed by atoms with Gasteiger partial charge in [-0.05, 0) is 173 Å². The summed E-state index contributed by atoms with van der Waals surface area (Å²) < 4.78 is 0. The summed E-state index contributed by atoms with van der Waals surface area (Å²) in [7, 11) is 0. The minimum atomic E-state index is -0.151. The van der Waals surface area contributed by atoms with Crippen LogP contribution in [0.15, 0.2) is 146 Å². The van der Waals surface area contributed by atoms with E-state index in [1.54, 1.807) is 22.3 Å². The second kappa shape index (κ2) is 14.2. The standard InChI is InChI=1S/C61H58/c1-7-29-60(30-8-2)52-37-49-51(59(5,6)55-33-45(39-21-13-11-14-22-39)41-25-17-19-27-43(41)57(49)55)35-47(52)48-36-54-50(38-53(48)60)58-44-28-20-18-26-42(44)46(40-23-15-12-16-24-40)34-56(58)61(54,31-9-3)32-10-4/h11-28,33-38H,7-10,29-32H2,1-6H3. The maximum Gasteiger partial charge on any atom is 0.0215 e. The quantitative estimate of drug-likeness (QED) is 0.129. The van der Waals surface area contributed by atoms with E-state index in [9.17, 15) is 0 Å². The Morgan fingerprint density at radius 2 is 0.639 bits per heavy atom. The minimum Gasteiger partial charge on any atom is -0.0653 e. The summed E-state index contributed by atoms with van der Waals surface area (Å²) >= 11 is 0. The van der Waals surface area contributed by atoms with Gasteiger partial charge >= 0.3 is 0 Å². The van der Waals surface area contributed by atoms with Gasteiger partial charge in [0.2, 0.25) is 0 Å². The van der Waals surface area contributed by atoms with Gasteiger partial charge in [-0.25, -0.2) is 0 Å². The zero-order valence-electron chi connectivity index (χ0n) is 37.0. The summed E-state index contributed by atoms with van der Waals surface area (Å²) in [5.74, 6) is 0. The topological polar surface area (TPSA) is 0 Å². The molecular formula is C61H58. The van der Waals surface area contributed by atoms with Crippen molar-refractivity contribution in [3.05, 3.63) is 179 Å². The molecule has 11 rings (SSSR count). The molecular weight excluding hydrogens is 733 g/mol. The van der Waals surface area contributed by atoms with Gasteiger partial charge in [-0.2, -0.15) is 0 Å². The lowest BCUT2D eigenvalue weighted by Gasteiger charge is -2.34. The van der Waals surface area contributed by atoms with Gasteiger partial charge in [0.1, 0.15) is 0 Å². The summed E-state index contributed by atoms with van der Waals surface area (Å²) in [5.41, 5.74) is 23.1. The first-order valence-corrected chi connectivity index (χ1v) is 23.4. The normalized spacial score (nSPS) is 15.6. The van der Waals surface area contributed by atoms with Crippen LogP contribution in [-0.4, -0.2) is 0 Å². The third-order valence-electron chi connectivity index (χ3n) is 15.5. The molecule has 0 aromatic heterocycles. The van der Waals surface area contributed by atoms with E-state index in [-0.39, 0.29) is 16.2 Å². The predicted molar refractivity (Wildman–Crippen MR) is 262 cm³/mol. The van der Waals surface area contributed by atoms with Crippen molar-refractivity contribution < 1.29 is 0 Å². The van der Waals surface area contributed by atoms with Crippen LogP contribution in [0, 0.1) is 0 Å². The summed E-state index contributed by atoms with van der Waals surface area (Å²) in [4.78, 5) is 0. The SMILES string of the molecule is CCCC1(CCC)c2cc3c(cc2-c2cc4c(cc21)-c1c(cc(-c2ccccc2)c2ccccc12)C4(CCC)CCC)C(C)(C)c1cc(-c2ccccc2)c2ccccc2c1-3. The Morgan fingerprint density at radius 1 is 0.311 bits per heavy atom. The molecule has 0 spiro atoms. The van der Waals surface area contributed by atoms with Crippen LogP contribution in [0.5, 0.6) is 0 Å². The molecule has 0 radical (unpaired) electrons. The highest BCUT2D eigenvalue weighted by Gasteiger charge is 2.49.